The summed E-state index contributed by atoms with van der Waals surface area (Å²) in [6.07, 6.45) is 2.11. The summed E-state index contributed by atoms with van der Waals surface area (Å²) in [7, 11) is 0. The van der Waals surface area contributed by atoms with Gasteiger partial charge in [0.1, 0.15) is 11.4 Å². The molecule has 0 aliphatic carbocycles. The molecular weight excluding hydrogens is 536 g/mol. The molecule has 6 aromatic rings. The van der Waals surface area contributed by atoms with Crippen LogP contribution in [0.5, 0.6) is 5.75 Å². The van der Waals surface area contributed by atoms with E-state index in [1.807, 2.05) is 47.9 Å². The molecule has 0 spiro atoms. The third-order valence-electron chi connectivity index (χ3n) is 8.54. The van der Waals surface area contributed by atoms with Gasteiger partial charge in [-0.3, -0.25) is 5.10 Å². The van der Waals surface area contributed by atoms with E-state index >= 15 is 0 Å². The summed E-state index contributed by atoms with van der Waals surface area (Å²) in [5, 5.41) is 21.7. The van der Waals surface area contributed by atoms with Gasteiger partial charge in [0, 0.05) is 40.7 Å². The number of H-pyrrole nitrogens is 1. The van der Waals surface area contributed by atoms with Crippen LogP contribution >= 0.6 is 0 Å². The number of fused-ring (bicyclic) bond motifs is 3. The number of carboxylic acid groups (broad SMARTS) is 1. The zero-order valence-electron chi connectivity index (χ0n) is 24.2. The summed E-state index contributed by atoms with van der Waals surface area (Å²) in [5.74, 6) is -0.0427. The van der Waals surface area contributed by atoms with Crippen molar-refractivity contribution in [3.63, 3.8) is 0 Å². The number of aromatic amines is 1. The number of rotatable bonds is 7. The van der Waals surface area contributed by atoms with Gasteiger partial charge < -0.3 is 19.3 Å². The van der Waals surface area contributed by atoms with E-state index in [9.17, 15) is 9.90 Å². The Morgan fingerprint density at radius 3 is 2.56 bits per heavy atom. The maximum Gasteiger partial charge on any atom is 0.352 e. The number of nitrogens with zero attached hydrogens (tertiary/aromatic N) is 3. The fraction of sp³-hybridized carbons (Fsp3) is 0.222. The topological polar surface area (TPSA) is 83.4 Å². The summed E-state index contributed by atoms with van der Waals surface area (Å²) < 4.78 is 8.27. The summed E-state index contributed by atoms with van der Waals surface area (Å²) in [4.78, 5) is 15.3. The average Bonchev–Trinajstić information content (AvgIpc) is 3.56. The van der Waals surface area contributed by atoms with Gasteiger partial charge >= 0.3 is 5.97 Å². The van der Waals surface area contributed by atoms with E-state index in [0.29, 0.717) is 38.2 Å². The van der Waals surface area contributed by atoms with Crippen molar-refractivity contribution in [1.29, 1.82) is 0 Å². The van der Waals surface area contributed by atoms with Gasteiger partial charge in [-0.25, -0.2) is 4.79 Å². The van der Waals surface area contributed by atoms with Gasteiger partial charge in [-0.1, -0.05) is 72.8 Å². The molecular formula is C36H34N4O3. The minimum absolute atomic E-state index is 0.377. The Hall–Kier alpha value is -5.04. The van der Waals surface area contributed by atoms with E-state index in [2.05, 4.69) is 69.7 Å². The van der Waals surface area contributed by atoms with Crippen molar-refractivity contribution in [3.05, 3.63) is 114 Å². The number of benzene rings is 4. The Labute approximate surface area is 250 Å². The lowest BCUT2D eigenvalue weighted by atomic mass is 9.98. The lowest BCUT2D eigenvalue weighted by molar-refractivity contribution is 0.0684. The van der Waals surface area contributed by atoms with Crippen molar-refractivity contribution in [2.24, 2.45) is 0 Å². The Morgan fingerprint density at radius 2 is 1.70 bits per heavy atom. The number of hydrogen-bond donors (Lipinski definition) is 2. The minimum Gasteiger partial charge on any atom is -0.493 e. The highest BCUT2D eigenvalue weighted by molar-refractivity contribution is 6.04. The normalized spacial score (nSPS) is 13.3. The van der Waals surface area contributed by atoms with Gasteiger partial charge in [-0.05, 0) is 55.3 Å². The number of carbonyl (C=O) groups is 1. The molecule has 0 atom stereocenters. The van der Waals surface area contributed by atoms with Crippen LogP contribution in [-0.4, -0.2) is 39.0 Å². The first kappa shape index (κ1) is 26.8. The number of carboxylic acids is 1. The molecule has 0 fully saturated rings. The molecule has 0 unspecified atom stereocenters. The number of hydrogen-bond acceptors (Lipinski definition) is 4. The number of aromatic carboxylic acids is 1. The van der Waals surface area contributed by atoms with E-state index in [4.69, 9.17) is 4.74 Å². The number of aryl methyl sites for hydroxylation is 3. The van der Waals surface area contributed by atoms with E-state index in [1.54, 1.807) is 0 Å². The quantitative estimate of drug-likeness (QED) is 0.193. The van der Waals surface area contributed by atoms with E-state index in [0.717, 1.165) is 74.2 Å². The highest BCUT2D eigenvalue weighted by Gasteiger charge is 2.27. The van der Waals surface area contributed by atoms with Crippen molar-refractivity contribution >= 4 is 33.3 Å². The lowest BCUT2D eigenvalue weighted by Gasteiger charge is -2.26. The number of ether oxygens (including phenoxy) is 1. The van der Waals surface area contributed by atoms with Crippen LogP contribution in [0.1, 0.15) is 40.3 Å². The second-order valence-corrected chi connectivity index (χ2v) is 11.2. The molecule has 2 N–H and O–H groups in total. The molecule has 1 aliphatic rings. The Balaban J connectivity index is 1.26. The second-order valence-electron chi connectivity index (χ2n) is 11.2. The third-order valence-corrected chi connectivity index (χ3v) is 8.54. The van der Waals surface area contributed by atoms with E-state index < -0.39 is 5.97 Å². The van der Waals surface area contributed by atoms with E-state index in [1.165, 1.54) is 0 Å². The smallest absolute Gasteiger partial charge is 0.352 e. The van der Waals surface area contributed by atoms with Crippen LogP contribution in [0.3, 0.4) is 0 Å². The van der Waals surface area contributed by atoms with Crippen LogP contribution in [0.2, 0.25) is 0 Å². The summed E-state index contributed by atoms with van der Waals surface area (Å²) in [5.41, 5.74) is 7.37. The average molecular weight is 571 g/mol. The van der Waals surface area contributed by atoms with Crippen molar-refractivity contribution in [1.82, 2.24) is 14.8 Å². The lowest BCUT2D eigenvalue weighted by Crippen LogP contribution is -2.26. The largest absolute Gasteiger partial charge is 0.493 e. The van der Waals surface area contributed by atoms with Crippen molar-refractivity contribution in [2.75, 3.05) is 18.1 Å². The zero-order chi connectivity index (χ0) is 29.3. The first-order chi connectivity index (χ1) is 21.1. The van der Waals surface area contributed by atoms with Gasteiger partial charge in [0.15, 0.2) is 0 Å². The maximum atomic E-state index is 12.9. The van der Waals surface area contributed by atoms with Crippen LogP contribution < -0.4 is 9.64 Å². The SMILES string of the molecule is Cc1n[nH]c2c1-c1cccc3c(CCCOc4cccc5ccccc45)c(C(=O)O)n(c13)CCCN(c1ccccc1)C2. The molecule has 3 heterocycles. The maximum absolute atomic E-state index is 12.9. The monoisotopic (exact) mass is 570 g/mol. The minimum atomic E-state index is -0.895. The molecule has 43 heavy (non-hydrogen) atoms. The first-order valence-electron chi connectivity index (χ1n) is 14.9. The van der Waals surface area contributed by atoms with Crippen LogP contribution in [0.4, 0.5) is 5.69 Å². The van der Waals surface area contributed by atoms with Crippen LogP contribution in [0.25, 0.3) is 32.8 Å². The molecule has 7 nitrogen and oxygen atoms in total. The number of nitrogens with one attached hydrogen (secondary N) is 1. The zero-order valence-corrected chi connectivity index (χ0v) is 24.2. The number of anilines is 1. The number of aromatic nitrogens is 3. The second kappa shape index (κ2) is 11.3. The van der Waals surface area contributed by atoms with Crippen LogP contribution in [0.15, 0.2) is 91.0 Å². The Bertz CT molecular complexity index is 1930. The number of para-hydroxylation sites is 2. The van der Waals surface area contributed by atoms with Gasteiger partial charge in [-0.2, -0.15) is 5.10 Å². The molecule has 0 bridgehead atoms. The summed E-state index contributed by atoms with van der Waals surface area (Å²) in [6.45, 7) is 4.61. The van der Waals surface area contributed by atoms with Gasteiger partial charge in [-0.15, -0.1) is 0 Å². The van der Waals surface area contributed by atoms with E-state index in [-0.39, 0.29) is 0 Å². The molecule has 7 rings (SSSR count). The van der Waals surface area contributed by atoms with Crippen molar-refractivity contribution in [2.45, 2.75) is 39.3 Å². The Morgan fingerprint density at radius 1 is 0.930 bits per heavy atom. The molecule has 0 saturated heterocycles. The van der Waals surface area contributed by atoms with Gasteiger partial charge in [0.2, 0.25) is 0 Å². The highest BCUT2D eigenvalue weighted by Crippen LogP contribution is 2.39. The molecule has 0 saturated carbocycles. The molecule has 2 aromatic heterocycles. The predicted octanol–water partition coefficient (Wildman–Crippen LogP) is 7.61. The van der Waals surface area contributed by atoms with Crippen LogP contribution in [0, 0.1) is 6.92 Å². The first-order valence-corrected chi connectivity index (χ1v) is 14.9. The van der Waals surface area contributed by atoms with Crippen molar-refractivity contribution < 1.29 is 14.6 Å². The van der Waals surface area contributed by atoms with Crippen molar-refractivity contribution in [3.8, 4) is 16.9 Å². The van der Waals surface area contributed by atoms with Gasteiger partial charge in [0.25, 0.3) is 0 Å². The molecule has 7 heteroatoms. The van der Waals surface area contributed by atoms with Gasteiger partial charge in [0.05, 0.1) is 30.1 Å². The standard InChI is InChI=1S/C36H34N4O3/c1-24-33-30-17-8-16-28-29(18-9-22-43-32-19-7-12-25-11-5-6-15-27(25)32)35(36(41)42)40(34(28)30)21-10-20-39(23-31(33)38-37-24)26-13-3-2-4-14-26/h2-8,11-17,19H,9-10,18,20-23H2,1H3,(H,37,38)(H,41,42). The highest BCUT2D eigenvalue weighted by atomic mass is 16.5. The molecule has 216 valence electrons. The third kappa shape index (κ3) is 4.91. The predicted molar refractivity (Wildman–Crippen MR) is 171 cm³/mol. The fourth-order valence-corrected chi connectivity index (χ4v) is 6.66. The fourth-order valence-electron chi connectivity index (χ4n) is 6.66. The molecule has 0 amide bonds. The van der Waals surface area contributed by atoms with Crippen LogP contribution in [-0.2, 0) is 19.5 Å². The summed E-state index contributed by atoms with van der Waals surface area (Å²) >= 11 is 0. The molecule has 1 aliphatic heterocycles. The Kier molecular flexibility index (Phi) is 7.07. The molecule has 4 aromatic carbocycles. The molecule has 0 radical (unpaired) electrons. The summed E-state index contributed by atoms with van der Waals surface area (Å²) in [6, 6.07) is 30.9.